The summed E-state index contributed by atoms with van der Waals surface area (Å²) in [7, 11) is 0. The normalized spacial score (nSPS) is 25.0. The van der Waals surface area contributed by atoms with Gasteiger partial charge in [0.15, 0.2) is 0 Å². The molecule has 0 saturated carbocycles. The van der Waals surface area contributed by atoms with Crippen molar-refractivity contribution in [3.05, 3.63) is 42.0 Å². The molecule has 1 saturated heterocycles. The molecule has 2 unspecified atom stereocenters. The van der Waals surface area contributed by atoms with Gasteiger partial charge in [-0.25, -0.2) is 0 Å². The van der Waals surface area contributed by atoms with E-state index in [0.717, 1.165) is 6.42 Å². The topological polar surface area (TPSA) is 29.1 Å². The lowest BCUT2D eigenvalue weighted by molar-refractivity contribution is -0.133. The van der Waals surface area contributed by atoms with Crippen LogP contribution in [0.15, 0.2) is 36.4 Å². The second kappa shape index (κ2) is 4.30. The summed E-state index contributed by atoms with van der Waals surface area (Å²) in [6.45, 7) is 2.05. The number of hydrogen-bond donors (Lipinski definition) is 1. The Labute approximate surface area is 90.0 Å². The van der Waals surface area contributed by atoms with Crippen molar-refractivity contribution in [2.24, 2.45) is 5.92 Å². The average molecular weight is 201 g/mol. The molecule has 1 amide bonds. The molecule has 1 aliphatic heterocycles. The molecule has 1 aromatic carbocycles. The maximum absolute atomic E-state index is 11.1. The third-order valence-corrected chi connectivity index (χ3v) is 2.81. The first-order valence-electron chi connectivity index (χ1n) is 5.35. The van der Waals surface area contributed by atoms with Crippen LogP contribution in [0.3, 0.4) is 0 Å². The lowest BCUT2D eigenvalue weighted by Gasteiger charge is -2.34. The number of nitrogens with one attached hydrogen (secondary N) is 1. The quantitative estimate of drug-likeness (QED) is 0.746. The number of carbonyl (C=O) groups is 1. The molecule has 1 aliphatic rings. The molecular formula is C13H15NO. The van der Waals surface area contributed by atoms with E-state index in [0.29, 0.717) is 0 Å². The van der Waals surface area contributed by atoms with Crippen LogP contribution in [0.5, 0.6) is 0 Å². The number of hydrogen-bond acceptors (Lipinski definition) is 1. The number of benzene rings is 1. The van der Waals surface area contributed by atoms with Gasteiger partial charge in [0, 0.05) is 0 Å². The van der Waals surface area contributed by atoms with Crippen molar-refractivity contribution in [3.63, 3.8) is 0 Å². The van der Waals surface area contributed by atoms with E-state index in [1.165, 1.54) is 5.56 Å². The summed E-state index contributed by atoms with van der Waals surface area (Å²) in [5.41, 5.74) is 1.17. The fraction of sp³-hybridized carbons (Fsp3) is 0.308. The molecule has 2 atom stereocenters. The minimum Gasteiger partial charge on any atom is -0.349 e. The third-order valence-electron chi connectivity index (χ3n) is 2.81. The van der Waals surface area contributed by atoms with Crippen molar-refractivity contribution in [2.75, 3.05) is 0 Å². The fourth-order valence-electron chi connectivity index (χ4n) is 1.84. The minimum atomic E-state index is 0.171. The zero-order valence-corrected chi connectivity index (χ0v) is 8.81. The van der Waals surface area contributed by atoms with Gasteiger partial charge in [-0.05, 0) is 12.0 Å². The van der Waals surface area contributed by atoms with E-state index in [1.807, 2.05) is 25.1 Å². The lowest BCUT2D eigenvalue weighted by Crippen LogP contribution is -2.56. The zero-order valence-electron chi connectivity index (χ0n) is 8.81. The van der Waals surface area contributed by atoms with Gasteiger partial charge in [0.25, 0.3) is 0 Å². The molecule has 1 heterocycles. The molecule has 0 aromatic heterocycles. The molecule has 1 aromatic rings. The molecule has 1 N–H and O–H groups in total. The van der Waals surface area contributed by atoms with Crippen LogP contribution in [0, 0.1) is 5.92 Å². The Hall–Kier alpha value is -1.57. The number of β-lactam (4-membered cyclic amide) rings is 1. The summed E-state index contributed by atoms with van der Waals surface area (Å²) in [6, 6.07) is 10.3. The van der Waals surface area contributed by atoms with Gasteiger partial charge < -0.3 is 5.32 Å². The molecule has 2 nitrogen and oxygen atoms in total. The second-order valence-electron chi connectivity index (χ2n) is 3.82. The Kier molecular flexibility index (Phi) is 2.86. The summed E-state index contributed by atoms with van der Waals surface area (Å²) in [5.74, 6) is 0.352. The lowest BCUT2D eigenvalue weighted by atomic mass is 9.87. The van der Waals surface area contributed by atoms with Crippen molar-refractivity contribution in [2.45, 2.75) is 19.4 Å². The van der Waals surface area contributed by atoms with Crippen molar-refractivity contribution < 1.29 is 4.79 Å². The van der Waals surface area contributed by atoms with Crippen LogP contribution in [-0.4, -0.2) is 11.9 Å². The highest BCUT2D eigenvalue weighted by Gasteiger charge is 2.35. The van der Waals surface area contributed by atoms with Gasteiger partial charge >= 0.3 is 0 Å². The van der Waals surface area contributed by atoms with Gasteiger partial charge in [0.2, 0.25) is 5.91 Å². The highest BCUT2D eigenvalue weighted by molar-refractivity contribution is 5.86. The SMILES string of the molecule is CCC1C(=O)NC1/C=C/c1ccccc1. The molecule has 0 bridgehead atoms. The van der Waals surface area contributed by atoms with Crippen molar-refractivity contribution in [1.29, 1.82) is 0 Å². The van der Waals surface area contributed by atoms with Crippen molar-refractivity contribution in [1.82, 2.24) is 5.32 Å². The predicted octanol–water partition coefficient (Wildman–Crippen LogP) is 2.22. The molecule has 78 valence electrons. The van der Waals surface area contributed by atoms with Crippen LogP contribution < -0.4 is 5.32 Å². The van der Waals surface area contributed by atoms with Crippen LogP contribution >= 0.6 is 0 Å². The standard InChI is InChI=1S/C13H15NO/c1-2-11-12(14-13(11)15)9-8-10-6-4-3-5-7-10/h3-9,11-12H,2H2,1H3,(H,14,15)/b9-8+. The van der Waals surface area contributed by atoms with Gasteiger partial charge in [-0.1, -0.05) is 49.4 Å². The van der Waals surface area contributed by atoms with Crippen LogP contribution in [0.2, 0.25) is 0 Å². The second-order valence-corrected chi connectivity index (χ2v) is 3.82. The van der Waals surface area contributed by atoms with Crippen molar-refractivity contribution >= 4 is 12.0 Å². The number of carbonyl (C=O) groups excluding carboxylic acids is 1. The van der Waals surface area contributed by atoms with Gasteiger partial charge in [-0.2, -0.15) is 0 Å². The van der Waals surface area contributed by atoms with Gasteiger partial charge in [0.1, 0.15) is 0 Å². The maximum Gasteiger partial charge on any atom is 0.225 e. The molecule has 0 aliphatic carbocycles. The van der Waals surface area contributed by atoms with Gasteiger partial charge in [-0.15, -0.1) is 0 Å². The van der Waals surface area contributed by atoms with Gasteiger partial charge in [0.05, 0.1) is 12.0 Å². The van der Waals surface area contributed by atoms with E-state index in [9.17, 15) is 4.79 Å². The summed E-state index contributed by atoms with van der Waals surface area (Å²) in [4.78, 5) is 11.1. The van der Waals surface area contributed by atoms with E-state index in [2.05, 4.69) is 29.6 Å². The molecule has 2 rings (SSSR count). The number of amides is 1. The first-order valence-corrected chi connectivity index (χ1v) is 5.35. The molecule has 2 heteroatoms. The van der Waals surface area contributed by atoms with E-state index in [-0.39, 0.29) is 17.9 Å². The molecule has 0 spiro atoms. The van der Waals surface area contributed by atoms with Crippen LogP contribution in [0.4, 0.5) is 0 Å². The Morgan fingerprint density at radius 3 is 2.67 bits per heavy atom. The largest absolute Gasteiger partial charge is 0.349 e. The summed E-state index contributed by atoms with van der Waals surface area (Å²) < 4.78 is 0. The van der Waals surface area contributed by atoms with E-state index < -0.39 is 0 Å². The molecule has 0 radical (unpaired) electrons. The maximum atomic E-state index is 11.1. The zero-order chi connectivity index (χ0) is 10.7. The Morgan fingerprint density at radius 1 is 1.33 bits per heavy atom. The number of rotatable bonds is 3. The summed E-state index contributed by atoms with van der Waals surface area (Å²) in [6.07, 6.45) is 5.05. The van der Waals surface area contributed by atoms with Crippen LogP contribution in [-0.2, 0) is 4.79 Å². The molecule has 15 heavy (non-hydrogen) atoms. The van der Waals surface area contributed by atoms with E-state index in [1.54, 1.807) is 0 Å². The smallest absolute Gasteiger partial charge is 0.225 e. The third kappa shape index (κ3) is 2.09. The van der Waals surface area contributed by atoms with Gasteiger partial charge in [-0.3, -0.25) is 4.79 Å². The fourth-order valence-corrected chi connectivity index (χ4v) is 1.84. The first-order chi connectivity index (χ1) is 7.31. The first kappa shape index (κ1) is 9.97. The van der Waals surface area contributed by atoms with Crippen molar-refractivity contribution in [3.8, 4) is 0 Å². The highest BCUT2D eigenvalue weighted by Crippen LogP contribution is 2.20. The Morgan fingerprint density at radius 2 is 2.07 bits per heavy atom. The van der Waals surface area contributed by atoms with E-state index in [4.69, 9.17) is 0 Å². The Bertz CT molecular complexity index is 369. The van der Waals surface area contributed by atoms with Crippen LogP contribution in [0.1, 0.15) is 18.9 Å². The molecule has 1 fully saturated rings. The van der Waals surface area contributed by atoms with E-state index >= 15 is 0 Å². The monoisotopic (exact) mass is 201 g/mol. The van der Waals surface area contributed by atoms with Crippen LogP contribution in [0.25, 0.3) is 6.08 Å². The predicted molar refractivity (Wildman–Crippen MR) is 61.2 cm³/mol. The molecular weight excluding hydrogens is 186 g/mol. The average Bonchev–Trinajstić information content (AvgIpc) is 2.26. The Balaban J connectivity index is 1.98. The summed E-state index contributed by atoms with van der Waals surface area (Å²) in [5, 5.41) is 2.89. The summed E-state index contributed by atoms with van der Waals surface area (Å²) >= 11 is 0. The highest BCUT2D eigenvalue weighted by atomic mass is 16.2. The minimum absolute atomic E-state index is 0.171.